The number of phenols is 1. The van der Waals surface area contributed by atoms with Gasteiger partial charge >= 0.3 is 0 Å². The molecule has 0 aromatic heterocycles. The molecule has 14 atom stereocenters. The summed E-state index contributed by atoms with van der Waals surface area (Å²) in [4.78, 5) is 113. The minimum absolute atomic E-state index is 0.0763. The first-order valence-corrected chi connectivity index (χ1v) is 26.7. The molecule has 76 heavy (non-hydrogen) atoms. The zero-order valence-electron chi connectivity index (χ0n) is 43.5. The number of aliphatic hydroxyl groups is 8. The molecule has 4 rings (SSSR count). The summed E-state index contributed by atoms with van der Waals surface area (Å²) in [5, 5.41) is 110. The van der Waals surface area contributed by atoms with Crippen LogP contribution in [0.2, 0.25) is 0 Å². The molecule has 0 saturated carbocycles. The van der Waals surface area contributed by atoms with Crippen molar-refractivity contribution >= 4 is 47.3 Å². The summed E-state index contributed by atoms with van der Waals surface area (Å²) < 4.78 is 0. The molecule has 3 heterocycles. The third-order valence-electron chi connectivity index (χ3n) is 14.3. The SMILES string of the molecule is CCCCCCCCCCCCCCCC(=O)NC1CC(O)C(O)NC(=O)C2C(O)C(CO)CN2C(=O)C(CCC(N)=O)NC(=O)C(C(O)C(O)c2ccc(O)cc2)NC(=O)C2CC(O)CN2C(=O)C(C(C)O)NC1=O. The van der Waals surface area contributed by atoms with Crippen molar-refractivity contribution in [3.63, 3.8) is 0 Å². The molecule has 14 unspecified atom stereocenters. The summed E-state index contributed by atoms with van der Waals surface area (Å²) in [7, 11) is 0. The van der Waals surface area contributed by atoms with Crippen molar-refractivity contribution in [2.24, 2.45) is 11.7 Å². The highest BCUT2D eigenvalue weighted by Gasteiger charge is 2.50. The number of benzene rings is 1. The highest BCUT2D eigenvalue weighted by atomic mass is 16.3. The highest BCUT2D eigenvalue weighted by Crippen LogP contribution is 2.28. The van der Waals surface area contributed by atoms with Crippen molar-refractivity contribution < 1.29 is 84.3 Å². The molecule has 25 heteroatoms. The fourth-order valence-corrected chi connectivity index (χ4v) is 9.84. The summed E-state index contributed by atoms with van der Waals surface area (Å²) in [5.74, 6) is -10.6. The van der Waals surface area contributed by atoms with Crippen LogP contribution in [0.15, 0.2) is 24.3 Å². The van der Waals surface area contributed by atoms with Gasteiger partial charge in [0.2, 0.25) is 47.3 Å². The molecule has 1 aromatic rings. The maximum absolute atomic E-state index is 14.5. The van der Waals surface area contributed by atoms with Crippen molar-refractivity contribution in [3.05, 3.63) is 29.8 Å². The minimum atomic E-state index is -2.31. The van der Waals surface area contributed by atoms with Gasteiger partial charge in [0.05, 0.1) is 24.9 Å². The monoisotopic (exact) mass is 1080 g/mol. The molecule has 1 aromatic carbocycles. The zero-order chi connectivity index (χ0) is 56.2. The Morgan fingerprint density at radius 1 is 0.697 bits per heavy atom. The number of carbonyl (C=O) groups excluding carboxylic acids is 8. The third-order valence-corrected chi connectivity index (χ3v) is 14.3. The Kier molecular flexibility index (Phi) is 25.7. The molecule has 3 saturated heterocycles. The van der Waals surface area contributed by atoms with Gasteiger partial charge in [0.1, 0.15) is 60.3 Å². The molecule has 0 radical (unpaired) electrons. The lowest BCUT2D eigenvalue weighted by atomic mass is 9.96. The van der Waals surface area contributed by atoms with Crippen LogP contribution in [0.3, 0.4) is 0 Å². The van der Waals surface area contributed by atoms with Crippen LogP contribution in [0.25, 0.3) is 0 Å². The van der Waals surface area contributed by atoms with Crippen LogP contribution in [0, 0.1) is 5.92 Å². The normalized spacial score (nSPS) is 28.5. The van der Waals surface area contributed by atoms with Gasteiger partial charge in [-0.3, -0.25) is 38.4 Å². The van der Waals surface area contributed by atoms with E-state index < -0.39 is 178 Å². The first-order chi connectivity index (χ1) is 36.1. The molecule has 3 aliphatic heterocycles. The van der Waals surface area contributed by atoms with E-state index in [1.165, 1.54) is 50.7 Å². The number of fused-ring (bicyclic) bond motifs is 2. The predicted octanol–water partition coefficient (Wildman–Crippen LogP) is -2.81. The van der Waals surface area contributed by atoms with E-state index in [9.17, 15) is 84.3 Å². The maximum Gasteiger partial charge on any atom is 0.248 e. The summed E-state index contributed by atoms with van der Waals surface area (Å²) in [5.41, 5.74) is 5.32. The second-order valence-electron chi connectivity index (χ2n) is 20.4. The van der Waals surface area contributed by atoms with Gasteiger partial charge < -0.3 is 88.1 Å². The maximum atomic E-state index is 14.5. The number of nitrogens with two attached hydrogens (primary N) is 1. The van der Waals surface area contributed by atoms with Crippen molar-refractivity contribution in [2.45, 2.75) is 209 Å². The topological polar surface area (TPSA) is 411 Å². The average molecular weight is 1080 g/mol. The second kappa shape index (κ2) is 31.0. The number of hydrogen-bond acceptors (Lipinski definition) is 17. The molecule has 3 aliphatic rings. The van der Waals surface area contributed by atoms with E-state index in [4.69, 9.17) is 5.73 Å². The molecule has 3 fully saturated rings. The second-order valence-corrected chi connectivity index (χ2v) is 20.4. The molecular formula is C51H82N8O17. The predicted molar refractivity (Wildman–Crippen MR) is 270 cm³/mol. The molecule has 0 aliphatic carbocycles. The van der Waals surface area contributed by atoms with Crippen LogP contribution in [0.4, 0.5) is 0 Å². The van der Waals surface area contributed by atoms with Crippen LogP contribution < -0.4 is 32.3 Å². The highest BCUT2D eigenvalue weighted by molar-refractivity contribution is 5.98. The summed E-state index contributed by atoms with van der Waals surface area (Å²) >= 11 is 0. The number of amides is 8. The quantitative estimate of drug-likeness (QED) is 0.0492. The lowest BCUT2D eigenvalue weighted by Crippen LogP contribution is -2.63. The Morgan fingerprint density at radius 3 is 1.84 bits per heavy atom. The number of nitrogens with one attached hydrogen (secondary N) is 5. The molecule has 428 valence electrons. The van der Waals surface area contributed by atoms with Gasteiger partial charge in [-0.1, -0.05) is 96.1 Å². The Labute approximate surface area is 442 Å². The molecule has 0 bridgehead atoms. The smallest absolute Gasteiger partial charge is 0.248 e. The van der Waals surface area contributed by atoms with Crippen LogP contribution in [-0.4, -0.2) is 196 Å². The van der Waals surface area contributed by atoms with E-state index in [-0.39, 0.29) is 17.7 Å². The number of unbranched alkanes of at least 4 members (excludes halogenated alkanes) is 12. The molecule has 8 amide bonds. The Bertz CT molecular complexity index is 2090. The fraction of sp³-hybridized carbons (Fsp3) is 0.725. The number of rotatable bonds is 23. The number of phenolic OH excluding ortho intramolecular Hbond substituents is 1. The van der Waals surface area contributed by atoms with Crippen LogP contribution >= 0.6 is 0 Å². The van der Waals surface area contributed by atoms with Crippen molar-refractivity contribution in [2.75, 3.05) is 19.7 Å². The van der Waals surface area contributed by atoms with Crippen LogP contribution in [0.1, 0.15) is 141 Å². The lowest BCUT2D eigenvalue weighted by Gasteiger charge is -2.33. The number of aliphatic hydroxyl groups excluding tert-OH is 8. The standard InChI is InChI=1S/C51H82N8O17/c1-3-4-5-6-7-8-9-10-11-12-13-14-15-16-38(66)53-34-24-36(64)47(72)57-49(74)41-42(67)30(27-60)25-59(41)50(75)33(21-22-37(52)65)54-48(73)40(44(69)43(68)29-17-19-31(62)20-18-29)56-46(71)35-23-32(63)26-58(35)51(76)39(28(2)61)55-45(34)70/h17-20,28,30,32-36,39-44,47,60-64,67-69,72H,3-16,21-27H2,1-2H3,(H2,52,65)(H,53,66)(H,54,73)(H,55,70)(H,56,71)(H,57,74). The molecule has 0 spiro atoms. The first-order valence-electron chi connectivity index (χ1n) is 26.7. The van der Waals surface area contributed by atoms with Gasteiger partial charge in [-0.15, -0.1) is 0 Å². The summed E-state index contributed by atoms with van der Waals surface area (Å²) in [6.07, 6.45) is -2.76. The summed E-state index contributed by atoms with van der Waals surface area (Å²) in [6.45, 7) is 1.36. The van der Waals surface area contributed by atoms with Crippen molar-refractivity contribution in [1.29, 1.82) is 0 Å². The van der Waals surface area contributed by atoms with Crippen molar-refractivity contribution in [3.8, 4) is 5.75 Å². The third kappa shape index (κ3) is 18.3. The van der Waals surface area contributed by atoms with E-state index in [1.54, 1.807) is 0 Å². The number of carbonyl (C=O) groups is 8. The number of primary amides is 1. The first kappa shape index (κ1) is 63.0. The molecule has 25 nitrogen and oxygen atoms in total. The van der Waals surface area contributed by atoms with Crippen LogP contribution in [0.5, 0.6) is 5.75 Å². The van der Waals surface area contributed by atoms with Gasteiger partial charge in [-0.25, -0.2) is 0 Å². The number of aromatic hydroxyl groups is 1. The summed E-state index contributed by atoms with van der Waals surface area (Å²) in [6, 6.07) is -6.85. The van der Waals surface area contributed by atoms with E-state index in [0.29, 0.717) is 12.8 Å². The van der Waals surface area contributed by atoms with E-state index in [2.05, 4.69) is 33.5 Å². The average Bonchev–Trinajstić information content (AvgIpc) is 3.95. The fourth-order valence-electron chi connectivity index (χ4n) is 9.84. The van der Waals surface area contributed by atoms with Gasteiger partial charge in [0.25, 0.3) is 0 Å². The van der Waals surface area contributed by atoms with Gasteiger partial charge in [-0.2, -0.15) is 0 Å². The molecular weight excluding hydrogens is 997 g/mol. The van der Waals surface area contributed by atoms with Gasteiger partial charge in [-0.05, 0) is 37.5 Å². The molecule has 16 N–H and O–H groups in total. The number of nitrogens with zero attached hydrogens (tertiary/aromatic N) is 2. The Balaban J connectivity index is 1.68. The van der Waals surface area contributed by atoms with Crippen molar-refractivity contribution in [1.82, 2.24) is 36.4 Å². The van der Waals surface area contributed by atoms with Gasteiger partial charge in [0.15, 0.2) is 6.23 Å². The van der Waals surface area contributed by atoms with E-state index in [1.807, 2.05) is 0 Å². The largest absolute Gasteiger partial charge is 0.508 e. The van der Waals surface area contributed by atoms with Gasteiger partial charge in [0, 0.05) is 44.7 Å². The van der Waals surface area contributed by atoms with Crippen LogP contribution in [-0.2, 0) is 38.4 Å². The minimum Gasteiger partial charge on any atom is -0.508 e. The van der Waals surface area contributed by atoms with E-state index in [0.717, 1.165) is 61.0 Å². The zero-order valence-corrected chi connectivity index (χ0v) is 43.5. The Morgan fingerprint density at radius 2 is 1.28 bits per heavy atom. The number of hydrogen-bond donors (Lipinski definition) is 15. The van der Waals surface area contributed by atoms with E-state index >= 15 is 0 Å². The Hall–Kier alpha value is -5.54. The lowest BCUT2D eigenvalue weighted by molar-refractivity contribution is -0.147.